The van der Waals surface area contributed by atoms with Crippen molar-refractivity contribution in [1.82, 2.24) is 4.57 Å². The third-order valence-electron chi connectivity index (χ3n) is 25.0. The minimum Gasteiger partial charge on any atom is -0.311 e. The molecule has 2 aliphatic heterocycles. The Labute approximate surface area is 680 Å². The van der Waals surface area contributed by atoms with Crippen molar-refractivity contribution in [2.45, 2.75) is 163 Å². The van der Waals surface area contributed by atoms with Crippen molar-refractivity contribution in [2.24, 2.45) is 0 Å². The van der Waals surface area contributed by atoms with Crippen LogP contribution in [-0.2, 0) is 37.9 Å². The molecule has 3 nitrogen and oxygen atoms in total. The Morgan fingerprint density at radius 3 is 1.07 bits per heavy atom. The third kappa shape index (κ3) is 12.9. The van der Waals surface area contributed by atoms with Gasteiger partial charge in [0, 0.05) is 44.9 Å². The Kier molecular flexibility index (Phi) is 18.4. The minimum absolute atomic E-state index is 0.00525. The van der Waals surface area contributed by atoms with Crippen LogP contribution < -0.4 is 46.9 Å². The summed E-state index contributed by atoms with van der Waals surface area (Å²) in [7, 11) is -3.05. The monoisotopic (exact) mass is 1500 g/mol. The van der Waals surface area contributed by atoms with Gasteiger partial charge >= 0.3 is 0 Å². The molecular formula is C109H108BN3Si. The SMILES string of the molecule is CC(C)(C)c1ccc(-c2ccc3c(c2)N(c2ccc([Si](c4ccccc4)(c4ccccc4)c4ccc(C(C)(C)C)cc4)cc2)c2cc(-n4c5ccc(C(C)(C)C)cc5c5cc(C(C)(C)C)ccc54)cc4c2B3c2cc(C(C)(C)C)ccc2N4c2cccc(C(c3ccccc3)(c3ccccc3)c3ccc(C(C)(C)C)cc3)c2)cc1. The Hall–Kier alpha value is -11.2. The number of rotatable bonds is 12. The standard InChI is InChI=1S/C109H108BN3Si/c1-103(2,3)75-45-42-73(43-46-75)74-44-62-94-99(66-74)111(85-56-60-91(61-57-85)114(88-38-27-21-28-39-88,89-40-29-22-30-41-89)90-58-51-77(52-59-90)105(7,8)9)100-71-87(113-96-63-53-81(106(10,11)12)68-92(96)93-69-82(107(13,14)15)54-64-97(93)113)72-101-102(100)110(94)95-70-83(108(16,17)18)55-65-98(95)112(101)86-37-31-36-84(67-86)109(78-32-23-19-24-33-78,79-34-25-20-26-35-79)80-49-47-76(48-50-80)104(4,5)6/h19-72H,1-18H3. The number of nitrogens with zero attached hydrogens (tertiary/aromatic N) is 3. The van der Waals surface area contributed by atoms with E-state index in [-0.39, 0.29) is 39.2 Å². The molecule has 3 heterocycles. The quantitative estimate of drug-likeness (QED) is 0.0892. The highest BCUT2D eigenvalue weighted by atomic mass is 28.3. The molecule has 0 unspecified atom stereocenters. The number of hydrogen-bond donors (Lipinski definition) is 0. The fourth-order valence-corrected chi connectivity index (χ4v) is 23.4. The second-order valence-corrected chi connectivity index (χ2v) is 42.5. The lowest BCUT2D eigenvalue weighted by Gasteiger charge is -2.45. The second kappa shape index (κ2) is 27.8. The van der Waals surface area contributed by atoms with Crippen LogP contribution in [0.3, 0.4) is 0 Å². The van der Waals surface area contributed by atoms with Crippen LogP contribution in [0.5, 0.6) is 0 Å². The number of hydrogen-bond acceptors (Lipinski definition) is 2. The first kappa shape index (κ1) is 75.4. The third-order valence-corrected chi connectivity index (χ3v) is 29.8. The molecule has 0 N–H and O–H groups in total. The molecule has 0 bridgehead atoms. The number of anilines is 6. The molecule has 1 aromatic heterocycles. The lowest BCUT2D eigenvalue weighted by Crippen LogP contribution is -2.74. The van der Waals surface area contributed by atoms with E-state index in [1.165, 1.54) is 126 Å². The Morgan fingerprint density at radius 1 is 0.228 bits per heavy atom. The van der Waals surface area contributed by atoms with E-state index in [0.29, 0.717) is 0 Å². The van der Waals surface area contributed by atoms with Crippen LogP contribution in [0.1, 0.15) is 180 Å². The normalized spacial score (nSPS) is 13.5. The molecule has 0 saturated carbocycles. The van der Waals surface area contributed by atoms with Crippen molar-refractivity contribution in [3.8, 4) is 16.8 Å². The lowest BCUT2D eigenvalue weighted by atomic mass is 9.33. The summed E-state index contributed by atoms with van der Waals surface area (Å²) < 4.78 is 2.60. The average molecular weight is 1500 g/mol. The van der Waals surface area contributed by atoms with Crippen LogP contribution in [0.15, 0.2) is 328 Å². The maximum atomic E-state index is 2.67. The Balaban J connectivity index is 1.000. The van der Waals surface area contributed by atoms with Crippen molar-refractivity contribution in [2.75, 3.05) is 9.80 Å². The van der Waals surface area contributed by atoms with Crippen molar-refractivity contribution < 1.29 is 0 Å². The van der Waals surface area contributed by atoms with Crippen LogP contribution in [0.25, 0.3) is 38.6 Å². The van der Waals surface area contributed by atoms with Gasteiger partial charge in [-0.1, -0.05) is 379 Å². The molecule has 15 aromatic rings. The van der Waals surface area contributed by atoms with Gasteiger partial charge in [-0.2, -0.15) is 0 Å². The molecule has 2 aliphatic rings. The molecule has 0 spiro atoms. The summed E-state index contributed by atoms with van der Waals surface area (Å²) in [6.07, 6.45) is 0. The summed E-state index contributed by atoms with van der Waals surface area (Å²) in [4.78, 5) is 5.34. The smallest absolute Gasteiger partial charge is 0.252 e. The highest BCUT2D eigenvalue weighted by Gasteiger charge is 2.47. The molecule has 114 heavy (non-hydrogen) atoms. The molecule has 5 heteroatoms. The molecule has 14 aromatic carbocycles. The van der Waals surface area contributed by atoms with Gasteiger partial charge < -0.3 is 14.4 Å². The van der Waals surface area contributed by atoms with Gasteiger partial charge in [0.1, 0.15) is 0 Å². The molecule has 566 valence electrons. The number of fused-ring (bicyclic) bond motifs is 7. The van der Waals surface area contributed by atoms with Gasteiger partial charge in [0.05, 0.1) is 22.1 Å². The van der Waals surface area contributed by atoms with Crippen molar-refractivity contribution in [3.63, 3.8) is 0 Å². The maximum absolute atomic E-state index is 3.05. The van der Waals surface area contributed by atoms with E-state index in [4.69, 9.17) is 0 Å². The largest absolute Gasteiger partial charge is 0.311 e. The lowest BCUT2D eigenvalue weighted by molar-refractivity contribution is 0.589. The summed E-state index contributed by atoms with van der Waals surface area (Å²) in [5.41, 5.74) is 27.9. The summed E-state index contributed by atoms with van der Waals surface area (Å²) >= 11 is 0. The highest BCUT2D eigenvalue weighted by Crippen LogP contribution is 2.52. The van der Waals surface area contributed by atoms with Crippen LogP contribution in [0, 0.1) is 0 Å². The molecule has 17 rings (SSSR count). The first-order valence-corrected chi connectivity index (χ1v) is 43.2. The molecule has 0 amide bonds. The molecule has 0 aliphatic carbocycles. The number of aromatic nitrogens is 1. The Morgan fingerprint density at radius 2 is 0.596 bits per heavy atom. The molecule has 0 radical (unpaired) electrons. The molecule has 0 atom stereocenters. The fourth-order valence-electron chi connectivity index (χ4n) is 18.6. The zero-order chi connectivity index (χ0) is 79.8. The van der Waals surface area contributed by atoms with Crippen molar-refractivity contribution in [3.05, 3.63) is 383 Å². The first-order valence-electron chi connectivity index (χ1n) is 41.2. The van der Waals surface area contributed by atoms with Gasteiger partial charge in [-0.15, -0.1) is 0 Å². The highest BCUT2D eigenvalue weighted by molar-refractivity contribution is 7.20. The zero-order valence-corrected chi connectivity index (χ0v) is 71.1. The van der Waals surface area contributed by atoms with Gasteiger partial charge in [0.15, 0.2) is 8.07 Å². The summed E-state index contributed by atoms with van der Waals surface area (Å²) in [5.74, 6) is 0. The predicted octanol–water partition coefficient (Wildman–Crippen LogP) is 24.1. The molecule has 0 fully saturated rings. The molecular weight excluding hydrogens is 1390 g/mol. The van der Waals surface area contributed by atoms with Gasteiger partial charge in [-0.25, -0.2) is 0 Å². The van der Waals surface area contributed by atoms with E-state index in [1.54, 1.807) is 0 Å². The van der Waals surface area contributed by atoms with Gasteiger partial charge in [0.25, 0.3) is 6.71 Å². The van der Waals surface area contributed by atoms with E-state index in [0.717, 1.165) is 39.8 Å². The van der Waals surface area contributed by atoms with Crippen LogP contribution in [-0.4, -0.2) is 19.4 Å². The van der Waals surface area contributed by atoms with Gasteiger partial charge in [0.2, 0.25) is 0 Å². The van der Waals surface area contributed by atoms with Crippen LogP contribution >= 0.6 is 0 Å². The first-order chi connectivity index (χ1) is 54.3. The van der Waals surface area contributed by atoms with E-state index in [9.17, 15) is 0 Å². The predicted molar refractivity (Wildman–Crippen MR) is 494 cm³/mol. The average Bonchev–Trinajstić information content (AvgIpc) is 0.874. The van der Waals surface area contributed by atoms with E-state index < -0.39 is 13.5 Å². The van der Waals surface area contributed by atoms with Gasteiger partial charge in [-0.3, -0.25) is 0 Å². The minimum atomic E-state index is -3.05. The fraction of sp³-hybridized carbons (Fsp3) is 0.229. The summed E-state index contributed by atoms with van der Waals surface area (Å²) in [5, 5.41) is 7.87. The van der Waals surface area contributed by atoms with Crippen molar-refractivity contribution >= 4 is 108 Å². The second-order valence-electron chi connectivity index (χ2n) is 38.6. The maximum Gasteiger partial charge on any atom is 0.252 e. The van der Waals surface area contributed by atoms with Crippen LogP contribution in [0.2, 0.25) is 0 Å². The van der Waals surface area contributed by atoms with Crippen molar-refractivity contribution in [1.29, 1.82) is 0 Å². The number of benzene rings is 14. The van der Waals surface area contributed by atoms with E-state index >= 15 is 0 Å². The topological polar surface area (TPSA) is 11.4 Å². The molecule has 0 saturated heterocycles. The summed E-state index contributed by atoms with van der Waals surface area (Å²) in [6.45, 7) is 41.8. The van der Waals surface area contributed by atoms with E-state index in [2.05, 4.69) is 467 Å². The zero-order valence-electron chi connectivity index (χ0n) is 70.1. The van der Waals surface area contributed by atoms with Gasteiger partial charge in [-0.05, 0) is 209 Å². The Bertz CT molecular complexity index is 5960. The van der Waals surface area contributed by atoms with Crippen LogP contribution in [0.4, 0.5) is 34.1 Å². The summed E-state index contributed by atoms with van der Waals surface area (Å²) in [6, 6.07) is 128. The van der Waals surface area contributed by atoms with E-state index in [1.807, 2.05) is 0 Å².